The third-order valence-corrected chi connectivity index (χ3v) is 2.89. The molecule has 2 fully saturated rings. The van der Waals surface area contributed by atoms with E-state index in [4.69, 9.17) is 0 Å². The largest absolute Gasteiger partial charge is 0.412 e. The Morgan fingerprint density at radius 1 is 1.29 bits per heavy atom. The van der Waals surface area contributed by atoms with Crippen LogP contribution in [0.3, 0.4) is 0 Å². The van der Waals surface area contributed by atoms with Crippen molar-refractivity contribution in [1.29, 1.82) is 0 Å². The zero-order chi connectivity index (χ0) is 8.39. The fourth-order valence-corrected chi connectivity index (χ4v) is 2.22. The van der Waals surface area contributed by atoms with Crippen LogP contribution >= 0.6 is 12.4 Å². The van der Waals surface area contributed by atoms with Crippen LogP contribution in [0, 0.1) is 0 Å². The molecule has 1 amide bonds. The van der Waals surface area contributed by atoms with Gasteiger partial charge in [0.25, 0.3) is 0 Å². The van der Waals surface area contributed by atoms with Crippen molar-refractivity contribution in [2.24, 2.45) is 0 Å². The first-order valence-corrected chi connectivity index (χ1v) is 4.88. The standard InChI is InChI=1S/C9H16N2O.ClH.H2O/c12-9-7-10-5-6-11(9)8-3-1-2-4-8;;/h8,10H,1-7H2;1H;1H2. The Morgan fingerprint density at radius 3 is 2.50 bits per heavy atom. The molecular weight excluding hydrogens is 204 g/mol. The Hall–Kier alpha value is -0.320. The number of nitrogens with zero attached hydrogens (tertiary/aromatic N) is 1. The molecule has 1 aliphatic heterocycles. The molecule has 2 rings (SSSR count). The first-order valence-electron chi connectivity index (χ1n) is 4.88. The maximum absolute atomic E-state index is 11.4. The highest BCUT2D eigenvalue weighted by molar-refractivity contribution is 5.85. The van der Waals surface area contributed by atoms with E-state index in [2.05, 4.69) is 10.2 Å². The molecule has 0 spiro atoms. The Balaban J connectivity index is 0.000000845. The van der Waals surface area contributed by atoms with Gasteiger partial charge in [0.15, 0.2) is 0 Å². The lowest BCUT2D eigenvalue weighted by atomic mass is 10.2. The van der Waals surface area contributed by atoms with Gasteiger partial charge in [-0.15, -0.1) is 12.4 Å². The number of halogens is 1. The van der Waals surface area contributed by atoms with Crippen LogP contribution in [0.15, 0.2) is 0 Å². The van der Waals surface area contributed by atoms with Gasteiger partial charge in [-0.25, -0.2) is 0 Å². The van der Waals surface area contributed by atoms with Crippen LogP contribution in [0.2, 0.25) is 0 Å². The molecule has 3 N–H and O–H groups in total. The first-order chi connectivity index (χ1) is 5.88. The van der Waals surface area contributed by atoms with Crippen LogP contribution in [0.5, 0.6) is 0 Å². The summed E-state index contributed by atoms with van der Waals surface area (Å²) in [5.74, 6) is 0.299. The third-order valence-electron chi connectivity index (χ3n) is 2.89. The molecule has 4 nitrogen and oxygen atoms in total. The average molecular weight is 223 g/mol. The summed E-state index contributed by atoms with van der Waals surface area (Å²) in [6.45, 7) is 2.45. The molecule has 1 aliphatic carbocycles. The van der Waals surface area contributed by atoms with Crippen LogP contribution in [-0.4, -0.2) is 42.0 Å². The van der Waals surface area contributed by atoms with Crippen molar-refractivity contribution >= 4 is 18.3 Å². The molecule has 0 radical (unpaired) electrons. The lowest BCUT2D eigenvalue weighted by molar-refractivity contribution is -0.134. The molecule has 84 valence electrons. The van der Waals surface area contributed by atoms with Gasteiger partial charge in [-0.1, -0.05) is 12.8 Å². The second-order valence-electron chi connectivity index (χ2n) is 3.70. The van der Waals surface area contributed by atoms with E-state index in [1.807, 2.05) is 0 Å². The smallest absolute Gasteiger partial charge is 0.236 e. The highest BCUT2D eigenvalue weighted by Crippen LogP contribution is 2.23. The minimum absolute atomic E-state index is 0. The Morgan fingerprint density at radius 2 is 1.93 bits per heavy atom. The number of hydrogen-bond acceptors (Lipinski definition) is 2. The topological polar surface area (TPSA) is 63.8 Å². The zero-order valence-corrected chi connectivity index (χ0v) is 9.11. The normalized spacial score (nSPS) is 22.9. The van der Waals surface area contributed by atoms with E-state index in [-0.39, 0.29) is 17.9 Å². The first kappa shape index (κ1) is 13.7. The van der Waals surface area contributed by atoms with Crippen LogP contribution in [0.1, 0.15) is 25.7 Å². The van der Waals surface area contributed by atoms with Crippen molar-refractivity contribution in [1.82, 2.24) is 10.2 Å². The van der Waals surface area contributed by atoms with E-state index < -0.39 is 0 Å². The third kappa shape index (κ3) is 2.83. The van der Waals surface area contributed by atoms with E-state index >= 15 is 0 Å². The van der Waals surface area contributed by atoms with E-state index in [0.717, 1.165) is 13.1 Å². The lowest BCUT2D eigenvalue weighted by Crippen LogP contribution is -2.51. The Labute approximate surface area is 90.8 Å². The van der Waals surface area contributed by atoms with Crippen molar-refractivity contribution in [2.45, 2.75) is 31.7 Å². The molecule has 5 heteroatoms. The minimum atomic E-state index is 0. The number of nitrogens with one attached hydrogen (secondary N) is 1. The number of carbonyl (C=O) groups is 1. The van der Waals surface area contributed by atoms with Crippen molar-refractivity contribution in [3.05, 3.63) is 0 Å². The maximum atomic E-state index is 11.4. The molecule has 14 heavy (non-hydrogen) atoms. The molecule has 1 saturated carbocycles. The highest BCUT2D eigenvalue weighted by Gasteiger charge is 2.27. The monoisotopic (exact) mass is 222 g/mol. The van der Waals surface area contributed by atoms with Gasteiger partial charge in [0.1, 0.15) is 0 Å². The van der Waals surface area contributed by atoms with Gasteiger partial charge in [-0.05, 0) is 12.8 Å². The number of hydrogen-bond donors (Lipinski definition) is 1. The molecular formula is C9H19ClN2O2. The number of rotatable bonds is 1. The van der Waals surface area contributed by atoms with Gasteiger partial charge >= 0.3 is 0 Å². The molecule has 0 bridgehead atoms. The maximum Gasteiger partial charge on any atom is 0.236 e. The van der Waals surface area contributed by atoms with Crippen molar-refractivity contribution in [2.75, 3.05) is 19.6 Å². The summed E-state index contributed by atoms with van der Waals surface area (Å²) in [4.78, 5) is 13.5. The number of amides is 1. The molecule has 0 aromatic heterocycles. The van der Waals surface area contributed by atoms with Crippen molar-refractivity contribution in [3.8, 4) is 0 Å². The molecule has 0 aromatic rings. The summed E-state index contributed by atoms with van der Waals surface area (Å²) in [6.07, 6.45) is 5.07. The summed E-state index contributed by atoms with van der Waals surface area (Å²) < 4.78 is 0. The molecule has 0 unspecified atom stereocenters. The van der Waals surface area contributed by atoms with E-state index in [9.17, 15) is 4.79 Å². The fraction of sp³-hybridized carbons (Fsp3) is 0.889. The predicted octanol–water partition coefficient (Wildman–Crippen LogP) is -0.0421. The number of carbonyl (C=O) groups excluding carboxylic acids is 1. The van der Waals surface area contributed by atoms with Crippen molar-refractivity contribution < 1.29 is 10.3 Å². The summed E-state index contributed by atoms with van der Waals surface area (Å²) in [5.41, 5.74) is 0. The van der Waals surface area contributed by atoms with Gasteiger partial charge in [0.2, 0.25) is 5.91 Å². The van der Waals surface area contributed by atoms with Crippen LogP contribution in [0.25, 0.3) is 0 Å². The Bertz CT molecular complexity index is 184. The van der Waals surface area contributed by atoms with Crippen molar-refractivity contribution in [3.63, 3.8) is 0 Å². The fourth-order valence-electron chi connectivity index (χ4n) is 2.22. The predicted molar refractivity (Wildman–Crippen MR) is 57.7 cm³/mol. The van der Waals surface area contributed by atoms with E-state index in [1.165, 1.54) is 25.7 Å². The number of piperazine rings is 1. The molecule has 1 saturated heterocycles. The average Bonchev–Trinajstić information content (AvgIpc) is 2.57. The molecule has 1 heterocycles. The van der Waals surface area contributed by atoms with Crippen LogP contribution in [0.4, 0.5) is 0 Å². The quantitative estimate of drug-likeness (QED) is 0.677. The van der Waals surface area contributed by atoms with Gasteiger partial charge in [0.05, 0.1) is 6.54 Å². The van der Waals surface area contributed by atoms with Gasteiger partial charge < -0.3 is 15.7 Å². The zero-order valence-electron chi connectivity index (χ0n) is 8.29. The summed E-state index contributed by atoms with van der Waals surface area (Å²) in [7, 11) is 0. The molecule has 2 aliphatic rings. The lowest BCUT2D eigenvalue weighted by Gasteiger charge is -2.32. The minimum Gasteiger partial charge on any atom is -0.412 e. The highest BCUT2D eigenvalue weighted by atomic mass is 35.5. The van der Waals surface area contributed by atoms with Crippen LogP contribution < -0.4 is 5.32 Å². The van der Waals surface area contributed by atoms with E-state index in [1.54, 1.807) is 0 Å². The molecule has 0 aromatic carbocycles. The SMILES string of the molecule is Cl.O.O=C1CNCCN1C1CCCC1. The van der Waals surface area contributed by atoms with Crippen LogP contribution in [-0.2, 0) is 4.79 Å². The second kappa shape index (κ2) is 6.22. The van der Waals surface area contributed by atoms with Gasteiger partial charge in [-0.2, -0.15) is 0 Å². The summed E-state index contributed by atoms with van der Waals surface area (Å²) in [6, 6.07) is 0.569. The summed E-state index contributed by atoms with van der Waals surface area (Å²) >= 11 is 0. The Kier molecular flexibility index (Phi) is 6.08. The van der Waals surface area contributed by atoms with Gasteiger partial charge in [0, 0.05) is 19.1 Å². The second-order valence-corrected chi connectivity index (χ2v) is 3.70. The summed E-state index contributed by atoms with van der Waals surface area (Å²) in [5, 5.41) is 3.10. The van der Waals surface area contributed by atoms with E-state index in [0.29, 0.717) is 18.5 Å². The van der Waals surface area contributed by atoms with Gasteiger partial charge in [-0.3, -0.25) is 4.79 Å². The molecule has 0 atom stereocenters.